The number of Topliss-reactive ketones (excluding diaryl/α,β-unsaturated/α-hetero) is 1. The Morgan fingerprint density at radius 1 is 1.10 bits per heavy atom. The topological polar surface area (TPSA) is 59.8 Å². The second-order valence-electron chi connectivity index (χ2n) is 8.77. The molecule has 5 nitrogen and oxygen atoms in total. The van der Waals surface area contributed by atoms with Crippen LogP contribution < -0.4 is 5.32 Å². The van der Waals surface area contributed by atoms with Crippen molar-refractivity contribution in [2.45, 2.75) is 39.5 Å². The molecule has 3 heterocycles. The highest BCUT2D eigenvalue weighted by molar-refractivity contribution is 6.01. The molecule has 0 radical (unpaired) electrons. The normalized spacial score (nSPS) is 20.1. The van der Waals surface area contributed by atoms with E-state index in [1.54, 1.807) is 6.20 Å². The zero-order chi connectivity index (χ0) is 20.2. The summed E-state index contributed by atoms with van der Waals surface area (Å²) in [6.07, 6.45) is 5.04. The van der Waals surface area contributed by atoms with Gasteiger partial charge in [-0.15, -0.1) is 0 Å². The predicted octanol–water partition coefficient (Wildman–Crippen LogP) is 4.78. The molecule has 1 aliphatic heterocycles. The Hall–Kier alpha value is -3.21. The quantitative estimate of drug-likeness (QED) is 0.691. The third-order valence-corrected chi connectivity index (χ3v) is 5.89. The Bertz CT molecular complexity index is 1130. The fourth-order valence-electron chi connectivity index (χ4n) is 4.71. The Morgan fingerprint density at radius 3 is 2.62 bits per heavy atom. The van der Waals surface area contributed by atoms with Gasteiger partial charge in [-0.1, -0.05) is 38.1 Å². The Labute approximate surface area is 170 Å². The van der Waals surface area contributed by atoms with Crippen LogP contribution >= 0.6 is 0 Å². The SMILES string of the molecule is Cc1nn(-c2ccccc2)c2c1[C@@H](c1cccnc1)C1=C(CC(C)(C)CC1=O)N2. The first-order valence-electron chi connectivity index (χ1n) is 10.0. The molecule has 146 valence electrons. The zero-order valence-corrected chi connectivity index (χ0v) is 16.9. The molecule has 1 atom stereocenters. The molecule has 2 aliphatic rings. The number of carbonyl (C=O) groups excluding carboxylic acids is 1. The van der Waals surface area contributed by atoms with Gasteiger partial charge in [0.05, 0.1) is 11.4 Å². The molecule has 29 heavy (non-hydrogen) atoms. The number of para-hydroxylation sites is 1. The molecule has 0 unspecified atom stereocenters. The van der Waals surface area contributed by atoms with Crippen LogP contribution in [0.5, 0.6) is 0 Å². The molecule has 5 rings (SSSR count). The van der Waals surface area contributed by atoms with Crippen molar-refractivity contribution in [1.82, 2.24) is 14.8 Å². The molecule has 0 spiro atoms. The molecule has 0 bridgehead atoms. The fraction of sp³-hybridized carbons (Fsp3) is 0.292. The van der Waals surface area contributed by atoms with Gasteiger partial charge in [0.2, 0.25) is 0 Å². The lowest BCUT2D eigenvalue weighted by Crippen LogP contribution is -2.34. The second-order valence-corrected chi connectivity index (χ2v) is 8.77. The highest BCUT2D eigenvalue weighted by Gasteiger charge is 2.43. The summed E-state index contributed by atoms with van der Waals surface area (Å²) in [7, 11) is 0. The standard InChI is InChI=1S/C24H24N4O/c1-15-20-21(16-8-7-11-25-14-16)22-18(12-24(2,3)13-19(22)29)26-23(20)28(27-15)17-9-5-4-6-10-17/h4-11,14,21,26H,12-13H2,1-3H3/t21-/m1/s1. The number of rotatable bonds is 2. The maximum Gasteiger partial charge on any atom is 0.162 e. The number of carbonyl (C=O) groups is 1. The smallest absolute Gasteiger partial charge is 0.162 e. The summed E-state index contributed by atoms with van der Waals surface area (Å²) in [5.74, 6) is 1.03. The van der Waals surface area contributed by atoms with Crippen molar-refractivity contribution in [3.05, 3.63) is 82.9 Å². The van der Waals surface area contributed by atoms with Crippen LogP contribution in [0.25, 0.3) is 5.69 Å². The van der Waals surface area contributed by atoms with Crippen molar-refractivity contribution >= 4 is 11.6 Å². The van der Waals surface area contributed by atoms with Crippen LogP contribution in [0.1, 0.15) is 49.4 Å². The molecular weight excluding hydrogens is 360 g/mol. The lowest BCUT2D eigenvalue weighted by molar-refractivity contribution is -0.118. The van der Waals surface area contributed by atoms with Crippen LogP contribution in [0.4, 0.5) is 5.82 Å². The zero-order valence-electron chi connectivity index (χ0n) is 16.9. The first kappa shape index (κ1) is 17.9. The summed E-state index contributed by atoms with van der Waals surface area (Å²) in [6, 6.07) is 14.1. The summed E-state index contributed by atoms with van der Waals surface area (Å²) in [4.78, 5) is 17.6. The minimum atomic E-state index is -0.143. The molecule has 1 aromatic carbocycles. The maximum atomic E-state index is 13.3. The number of ketones is 1. The van der Waals surface area contributed by atoms with E-state index in [1.807, 2.05) is 54.2 Å². The third-order valence-electron chi connectivity index (χ3n) is 5.89. The van der Waals surface area contributed by atoms with E-state index in [-0.39, 0.29) is 17.1 Å². The number of nitrogens with one attached hydrogen (secondary N) is 1. The first-order chi connectivity index (χ1) is 13.9. The minimum absolute atomic E-state index is 0.0629. The van der Waals surface area contributed by atoms with Crippen LogP contribution in [-0.2, 0) is 4.79 Å². The van der Waals surface area contributed by atoms with Crippen molar-refractivity contribution in [2.24, 2.45) is 5.41 Å². The van der Waals surface area contributed by atoms with Crippen LogP contribution in [-0.4, -0.2) is 20.5 Å². The van der Waals surface area contributed by atoms with Gasteiger partial charge in [0, 0.05) is 41.6 Å². The highest BCUT2D eigenvalue weighted by Crippen LogP contribution is 2.50. The van der Waals surface area contributed by atoms with Gasteiger partial charge >= 0.3 is 0 Å². The van der Waals surface area contributed by atoms with Crippen molar-refractivity contribution < 1.29 is 4.79 Å². The van der Waals surface area contributed by atoms with Crippen molar-refractivity contribution in [1.29, 1.82) is 0 Å². The molecule has 5 heteroatoms. The number of aryl methyl sites for hydroxylation is 1. The number of hydrogen-bond acceptors (Lipinski definition) is 4. The number of aromatic nitrogens is 3. The number of benzene rings is 1. The van der Waals surface area contributed by atoms with Gasteiger partial charge in [-0.05, 0) is 42.5 Å². The number of anilines is 1. The molecule has 0 saturated carbocycles. The Morgan fingerprint density at radius 2 is 1.90 bits per heavy atom. The molecule has 1 aliphatic carbocycles. The summed E-state index contributed by atoms with van der Waals surface area (Å²) < 4.78 is 1.96. The molecule has 2 aromatic heterocycles. The van der Waals surface area contributed by atoms with Crippen molar-refractivity contribution in [3.63, 3.8) is 0 Å². The minimum Gasteiger partial charge on any atom is -0.343 e. The lowest BCUT2D eigenvalue weighted by Gasteiger charge is -2.38. The Balaban J connectivity index is 1.76. The van der Waals surface area contributed by atoms with Gasteiger partial charge in [0.15, 0.2) is 5.78 Å². The van der Waals surface area contributed by atoms with Crippen molar-refractivity contribution in [2.75, 3.05) is 5.32 Å². The molecule has 0 amide bonds. The largest absolute Gasteiger partial charge is 0.343 e. The van der Waals surface area contributed by atoms with Crippen LogP contribution in [0.15, 0.2) is 66.1 Å². The van der Waals surface area contributed by atoms with Crippen LogP contribution in [0.2, 0.25) is 0 Å². The van der Waals surface area contributed by atoms with Gasteiger partial charge in [0.25, 0.3) is 0 Å². The summed E-state index contributed by atoms with van der Waals surface area (Å²) in [6.45, 7) is 6.33. The number of allylic oxidation sites excluding steroid dienone is 2. The lowest BCUT2D eigenvalue weighted by atomic mass is 9.69. The van der Waals surface area contributed by atoms with Gasteiger partial charge < -0.3 is 5.32 Å². The highest BCUT2D eigenvalue weighted by atomic mass is 16.1. The average Bonchev–Trinajstić information content (AvgIpc) is 3.03. The number of fused-ring (bicyclic) bond motifs is 1. The Kier molecular flexibility index (Phi) is 3.95. The van der Waals surface area contributed by atoms with Gasteiger partial charge in [-0.2, -0.15) is 5.10 Å². The third kappa shape index (κ3) is 2.89. The molecule has 0 fully saturated rings. The summed E-state index contributed by atoms with van der Waals surface area (Å²) in [5.41, 5.74) is 5.85. The van der Waals surface area contributed by atoms with E-state index in [9.17, 15) is 4.79 Å². The summed E-state index contributed by atoms with van der Waals surface area (Å²) >= 11 is 0. The van der Waals surface area contributed by atoms with Crippen molar-refractivity contribution in [3.8, 4) is 5.69 Å². The molecule has 0 saturated heterocycles. The van der Waals surface area contributed by atoms with Crippen LogP contribution in [0.3, 0.4) is 0 Å². The van der Waals surface area contributed by atoms with E-state index in [4.69, 9.17) is 5.10 Å². The van der Waals surface area contributed by atoms with Gasteiger partial charge in [0.1, 0.15) is 5.82 Å². The van der Waals surface area contributed by atoms with E-state index in [1.165, 1.54) is 0 Å². The molecular formula is C24H24N4O. The maximum absolute atomic E-state index is 13.3. The predicted molar refractivity (Wildman–Crippen MR) is 113 cm³/mol. The fourth-order valence-corrected chi connectivity index (χ4v) is 4.71. The number of nitrogens with zero attached hydrogens (tertiary/aromatic N) is 3. The first-order valence-corrected chi connectivity index (χ1v) is 10.0. The van der Waals surface area contributed by atoms with E-state index >= 15 is 0 Å². The van der Waals surface area contributed by atoms with Crippen LogP contribution in [0, 0.1) is 12.3 Å². The van der Waals surface area contributed by atoms with E-state index in [2.05, 4.69) is 30.2 Å². The van der Waals surface area contributed by atoms with Gasteiger partial charge in [-0.3, -0.25) is 9.78 Å². The summed E-state index contributed by atoms with van der Waals surface area (Å²) in [5, 5.41) is 8.46. The average molecular weight is 384 g/mol. The van der Waals surface area contributed by atoms with Gasteiger partial charge in [-0.25, -0.2) is 4.68 Å². The second kappa shape index (κ2) is 6.41. The molecule has 1 N–H and O–H groups in total. The monoisotopic (exact) mass is 384 g/mol. The number of pyridine rings is 1. The van der Waals surface area contributed by atoms with E-state index in [0.717, 1.165) is 46.0 Å². The van der Waals surface area contributed by atoms with E-state index in [0.29, 0.717) is 6.42 Å². The van der Waals surface area contributed by atoms with E-state index < -0.39 is 0 Å². The number of hydrogen-bond donors (Lipinski definition) is 1. The molecule has 3 aromatic rings.